The highest BCUT2D eigenvalue weighted by molar-refractivity contribution is 7.91. The van der Waals surface area contributed by atoms with Crippen molar-refractivity contribution in [1.29, 1.82) is 0 Å². The van der Waals surface area contributed by atoms with Gasteiger partial charge in [-0.1, -0.05) is 58.4 Å². The normalized spacial score (nSPS) is 46.9. The van der Waals surface area contributed by atoms with Crippen LogP contribution in [-0.2, 0) is 19.4 Å². The highest BCUT2D eigenvalue weighted by Crippen LogP contribution is 2.76. The lowest BCUT2D eigenvalue weighted by Gasteiger charge is -2.72. The second-order valence-corrected chi connectivity index (χ2v) is 22.9. The molecule has 294 valence electrons. The topological polar surface area (TPSA) is 95.9 Å². The number of rotatable bonds is 9. The summed E-state index contributed by atoms with van der Waals surface area (Å²) in [6.07, 6.45) is 18.4. The molecule has 1 heterocycles. The number of hydrogen-bond donors (Lipinski definition) is 2. The Balaban J connectivity index is 1.09. The number of carboxylic acid groups (broad SMARTS) is 1. The second-order valence-electron chi connectivity index (χ2n) is 20.6. The zero-order chi connectivity index (χ0) is 37.5. The van der Waals surface area contributed by atoms with E-state index in [1.807, 2.05) is 0 Å². The van der Waals surface area contributed by atoms with Crippen molar-refractivity contribution in [3.05, 3.63) is 23.8 Å². The molecule has 7 aliphatic rings. The molecule has 0 spiro atoms. The monoisotopic (exact) mass is 741 g/mol. The van der Waals surface area contributed by atoms with Crippen LogP contribution in [0, 0.1) is 57.2 Å². The molecular formula is C44H72N2O5S. The fourth-order valence-corrected chi connectivity index (χ4v) is 16.3. The van der Waals surface area contributed by atoms with E-state index < -0.39 is 21.4 Å². The summed E-state index contributed by atoms with van der Waals surface area (Å²) in [6.45, 7) is 23.4. The summed E-state index contributed by atoms with van der Waals surface area (Å²) in [5, 5.41) is 14.1. The number of sulfone groups is 1. The molecule has 1 saturated heterocycles. The summed E-state index contributed by atoms with van der Waals surface area (Å²) in [5.74, 6) is 3.62. The van der Waals surface area contributed by atoms with Crippen LogP contribution in [0.3, 0.4) is 0 Å². The van der Waals surface area contributed by atoms with Crippen molar-refractivity contribution in [2.24, 2.45) is 57.2 Å². The van der Waals surface area contributed by atoms with Crippen LogP contribution in [0.5, 0.6) is 0 Å². The Morgan fingerprint density at radius 1 is 0.923 bits per heavy atom. The molecule has 7 nitrogen and oxygen atoms in total. The van der Waals surface area contributed by atoms with E-state index in [2.05, 4.69) is 64.4 Å². The summed E-state index contributed by atoms with van der Waals surface area (Å²) in [7, 11) is -1.29. The van der Waals surface area contributed by atoms with Crippen LogP contribution in [0.4, 0.5) is 0 Å². The van der Waals surface area contributed by atoms with Gasteiger partial charge in [0.15, 0.2) is 15.4 Å². The summed E-state index contributed by atoms with van der Waals surface area (Å²) >= 11 is 0. The molecule has 0 amide bonds. The van der Waals surface area contributed by atoms with Gasteiger partial charge in [0, 0.05) is 38.8 Å². The standard InChI is InChI=1S/C44H72N2O5S/c1-30(2)33-14-18-43(45-23-24-46-25-27-52(49,50)28-26-46)22-21-41(6)34(37(33)43)9-10-36-40(5)16-13-32(39(3,4)35(40)15-17-42(36,41)7)29-31-11-19-44(51-8,20-12-31)38(47)48/h13,31,33-37,45H,1,9-12,14-29H2,2-8H3,(H,47,48)/t31?,33-,34+,35-,36+,37+,40-,41+,42+,43-,44?/m0/s1. The Morgan fingerprint density at radius 2 is 1.62 bits per heavy atom. The van der Waals surface area contributed by atoms with E-state index >= 15 is 0 Å². The van der Waals surface area contributed by atoms with Gasteiger partial charge in [0.2, 0.25) is 0 Å². The number of aliphatic carboxylic acids is 1. The molecule has 6 aliphatic carbocycles. The van der Waals surface area contributed by atoms with Crippen molar-refractivity contribution in [1.82, 2.24) is 10.2 Å². The number of nitrogens with one attached hydrogen (secondary N) is 1. The van der Waals surface area contributed by atoms with Gasteiger partial charge in [-0.15, -0.1) is 0 Å². The third kappa shape index (κ3) is 6.04. The summed E-state index contributed by atoms with van der Waals surface area (Å²) in [5.41, 5.74) is 3.22. The van der Waals surface area contributed by atoms with Crippen molar-refractivity contribution < 1.29 is 23.1 Å². The van der Waals surface area contributed by atoms with Crippen molar-refractivity contribution in [3.63, 3.8) is 0 Å². The van der Waals surface area contributed by atoms with Crippen molar-refractivity contribution in [2.75, 3.05) is 44.8 Å². The quantitative estimate of drug-likeness (QED) is 0.230. The number of carbonyl (C=O) groups is 1. The van der Waals surface area contributed by atoms with Crippen LogP contribution in [0.15, 0.2) is 23.8 Å². The molecule has 0 bridgehead atoms. The first-order chi connectivity index (χ1) is 24.4. The smallest absolute Gasteiger partial charge is 0.335 e. The minimum Gasteiger partial charge on any atom is -0.479 e. The lowest BCUT2D eigenvalue weighted by Crippen LogP contribution is -2.68. The molecule has 7 rings (SSSR count). The molecule has 1 aliphatic heterocycles. The number of nitrogens with zero attached hydrogens (tertiary/aromatic N) is 1. The van der Waals surface area contributed by atoms with Gasteiger partial charge in [-0.25, -0.2) is 13.2 Å². The van der Waals surface area contributed by atoms with Crippen LogP contribution in [0.1, 0.15) is 131 Å². The van der Waals surface area contributed by atoms with Gasteiger partial charge < -0.3 is 20.1 Å². The lowest BCUT2D eigenvalue weighted by molar-refractivity contribution is -0.221. The lowest BCUT2D eigenvalue weighted by atomic mass is 9.33. The van der Waals surface area contributed by atoms with Gasteiger partial charge in [0.25, 0.3) is 0 Å². The van der Waals surface area contributed by atoms with Gasteiger partial charge in [0.1, 0.15) is 0 Å². The van der Waals surface area contributed by atoms with Crippen molar-refractivity contribution in [2.45, 2.75) is 143 Å². The second kappa shape index (κ2) is 13.5. The van der Waals surface area contributed by atoms with Gasteiger partial charge in [-0.2, -0.15) is 0 Å². The Hall–Kier alpha value is -1.22. The summed E-state index contributed by atoms with van der Waals surface area (Å²) < 4.78 is 29.7. The average molecular weight is 741 g/mol. The molecule has 0 radical (unpaired) electrons. The molecule has 0 aromatic carbocycles. The summed E-state index contributed by atoms with van der Waals surface area (Å²) in [6, 6.07) is 0. The third-order valence-electron chi connectivity index (χ3n) is 18.4. The van der Waals surface area contributed by atoms with Crippen LogP contribution in [0.25, 0.3) is 0 Å². The third-order valence-corrected chi connectivity index (χ3v) is 20.0. The average Bonchev–Trinajstić information content (AvgIpc) is 3.47. The van der Waals surface area contributed by atoms with E-state index in [1.54, 1.807) is 12.7 Å². The SMILES string of the molecule is C=C(C)[C@@H]1CC[C@]2(NCCN3CCS(=O)(=O)CC3)CC[C@]3(C)[C@H](CC[C@@H]4[C@@]5(C)CC=C(CC6CCC(OC)(C(=O)O)CC6)C(C)(C)[C@@H]5CC[C@]43C)[C@@H]12. The maximum atomic E-state index is 12.0. The maximum absolute atomic E-state index is 12.0. The molecule has 0 unspecified atom stereocenters. The van der Waals surface area contributed by atoms with Gasteiger partial charge >= 0.3 is 5.97 Å². The maximum Gasteiger partial charge on any atom is 0.335 e. The zero-order valence-corrected chi connectivity index (χ0v) is 34.6. The minimum absolute atomic E-state index is 0.148. The van der Waals surface area contributed by atoms with Crippen LogP contribution in [0.2, 0.25) is 0 Å². The van der Waals surface area contributed by atoms with Crippen molar-refractivity contribution in [3.8, 4) is 0 Å². The van der Waals surface area contributed by atoms with E-state index in [0.717, 1.165) is 32.4 Å². The van der Waals surface area contributed by atoms with E-state index in [9.17, 15) is 18.3 Å². The fraction of sp³-hybridized carbons (Fsp3) is 0.886. The molecular weight excluding hydrogens is 669 g/mol. The van der Waals surface area contributed by atoms with Gasteiger partial charge in [-0.3, -0.25) is 0 Å². The van der Waals surface area contributed by atoms with Gasteiger partial charge in [0.05, 0.1) is 11.5 Å². The van der Waals surface area contributed by atoms with Crippen LogP contribution in [-0.4, -0.2) is 80.3 Å². The Morgan fingerprint density at radius 3 is 2.25 bits per heavy atom. The molecule has 8 heteroatoms. The first-order valence-electron chi connectivity index (χ1n) is 21.2. The van der Waals surface area contributed by atoms with E-state index in [-0.39, 0.29) is 16.4 Å². The Bertz CT molecular complexity index is 1530. The molecule has 2 N–H and O–H groups in total. The Labute approximate surface area is 316 Å². The molecule has 0 aromatic heterocycles. The highest BCUT2D eigenvalue weighted by atomic mass is 32.2. The predicted octanol–water partition coefficient (Wildman–Crippen LogP) is 8.30. The Kier molecular flexibility index (Phi) is 10.1. The first kappa shape index (κ1) is 39.0. The molecule has 9 atom stereocenters. The summed E-state index contributed by atoms with van der Waals surface area (Å²) in [4.78, 5) is 14.4. The number of allylic oxidation sites excluding steroid dienone is 3. The van der Waals surface area contributed by atoms with E-state index in [0.29, 0.717) is 83.8 Å². The number of carboxylic acids is 1. The largest absolute Gasteiger partial charge is 0.479 e. The number of fused-ring (bicyclic) bond motifs is 7. The van der Waals surface area contributed by atoms with Crippen LogP contribution < -0.4 is 5.32 Å². The molecule has 5 saturated carbocycles. The highest BCUT2D eigenvalue weighted by Gasteiger charge is 2.70. The molecule has 6 fully saturated rings. The zero-order valence-electron chi connectivity index (χ0n) is 33.8. The minimum atomic E-state index is -2.86. The predicted molar refractivity (Wildman–Crippen MR) is 210 cm³/mol. The van der Waals surface area contributed by atoms with Crippen molar-refractivity contribution >= 4 is 15.8 Å². The number of ether oxygens (including phenoxy) is 1. The first-order valence-corrected chi connectivity index (χ1v) is 23.0. The van der Waals surface area contributed by atoms with Crippen LogP contribution >= 0.6 is 0 Å². The van der Waals surface area contributed by atoms with E-state index in [4.69, 9.17) is 4.74 Å². The fourth-order valence-electron chi connectivity index (χ4n) is 15.1. The number of hydrogen-bond acceptors (Lipinski definition) is 6. The molecule has 0 aromatic rings. The van der Waals surface area contributed by atoms with Gasteiger partial charge in [-0.05, 0) is 154 Å². The van der Waals surface area contributed by atoms with E-state index in [1.165, 1.54) is 63.4 Å². The molecule has 52 heavy (non-hydrogen) atoms. The number of methoxy groups -OCH3 is 1.